The lowest BCUT2D eigenvalue weighted by molar-refractivity contribution is 0.278. The number of hydrogen-bond acceptors (Lipinski definition) is 4. The Bertz CT molecular complexity index is 449. The second-order valence-corrected chi connectivity index (χ2v) is 5.87. The molecule has 1 saturated carbocycles. The maximum Gasteiger partial charge on any atom is 0.135 e. The van der Waals surface area contributed by atoms with Gasteiger partial charge in [-0.3, -0.25) is 0 Å². The lowest BCUT2D eigenvalue weighted by Crippen LogP contribution is -2.61. The molecule has 1 saturated heterocycles. The lowest BCUT2D eigenvalue weighted by Gasteiger charge is -2.44. The Morgan fingerprint density at radius 3 is 2.72 bits per heavy atom. The van der Waals surface area contributed by atoms with Crippen LogP contribution < -0.4 is 10.2 Å². The van der Waals surface area contributed by atoms with E-state index in [0.717, 1.165) is 25.6 Å². The van der Waals surface area contributed by atoms with Crippen LogP contribution in [-0.4, -0.2) is 35.1 Å². The molecule has 2 fully saturated rings. The summed E-state index contributed by atoms with van der Waals surface area (Å²) in [4.78, 5) is 11.3. The molecule has 1 aromatic rings. The van der Waals surface area contributed by atoms with Gasteiger partial charge in [-0.15, -0.1) is 0 Å². The van der Waals surface area contributed by atoms with Gasteiger partial charge in [0, 0.05) is 36.4 Å². The highest BCUT2D eigenvalue weighted by Gasteiger charge is 2.33. The molecule has 1 N–H and O–H groups in total. The molecule has 1 aromatic heterocycles. The zero-order valence-electron chi connectivity index (χ0n) is 10.7. The van der Waals surface area contributed by atoms with Crippen molar-refractivity contribution in [2.24, 2.45) is 0 Å². The Kier molecular flexibility index (Phi) is 2.50. The van der Waals surface area contributed by atoms with Crippen molar-refractivity contribution in [1.29, 1.82) is 0 Å². The summed E-state index contributed by atoms with van der Waals surface area (Å²) in [5.41, 5.74) is 2.70. The van der Waals surface area contributed by atoms with Crippen LogP contribution in [0.15, 0.2) is 6.33 Å². The van der Waals surface area contributed by atoms with Crippen LogP contribution in [0.25, 0.3) is 0 Å². The van der Waals surface area contributed by atoms with Crippen LogP contribution in [0.4, 0.5) is 5.82 Å². The van der Waals surface area contributed by atoms with Crippen LogP contribution in [0.5, 0.6) is 0 Å². The average molecular weight is 244 g/mol. The Morgan fingerprint density at radius 2 is 1.94 bits per heavy atom. The molecule has 0 spiro atoms. The first kappa shape index (κ1) is 10.7. The molecule has 0 atom stereocenters. The smallest absolute Gasteiger partial charge is 0.135 e. The van der Waals surface area contributed by atoms with Crippen molar-refractivity contribution in [2.45, 2.75) is 50.6 Å². The van der Waals surface area contributed by atoms with Crippen molar-refractivity contribution < 1.29 is 0 Å². The fourth-order valence-electron chi connectivity index (χ4n) is 3.28. The number of rotatable bonds is 3. The summed E-state index contributed by atoms with van der Waals surface area (Å²) in [6.45, 7) is 2.25. The Balaban J connectivity index is 1.42. The molecule has 4 heteroatoms. The molecule has 96 valence electrons. The molecule has 4 nitrogen and oxygen atoms in total. The van der Waals surface area contributed by atoms with Crippen molar-refractivity contribution in [3.63, 3.8) is 0 Å². The molecule has 18 heavy (non-hydrogen) atoms. The average Bonchev–Trinajstić information content (AvgIpc) is 2.73. The first-order chi connectivity index (χ1) is 8.90. The summed E-state index contributed by atoms with van der Waals surface area (Å²) in [6, 6.07) is 1.48. The molecule has 0 unspecified atom stereocenters. The largest absolute Gasteiger partial charge is 0.353 e. The first-order valence-electron chi connectivity index (χ1n) is 7.24. The van der Waals surface area contributed by atoms with Gasteiger partial charge < -0.3 is 10.2 Å². The van der Waals surface area contributed by atoms with Gasteiger partial charge in [-0.1, -0.05) is 6.42 Å². The Labute approximate surface area is 108 Å². The van der Waals surface area contributed by atoms with Crippen LogP contribution in [0.1, 0.15) is 36.9 Å². The van der Waals surface area contributed by atoms with E-state index in [1.54, 1.807) is 6.33 Å². The van der Waals surface area contributed by atoms with Crippen molar-refractivity contribution >= 4 is 5.82 Å². The maximum absolute atomic E-state index is 4.51. The van der Waals surface area contributed by atoms with Gasteiger partial charge in [-0.25, -0.2) is 9.97 Å². The van der Waals surface area contributed by atoms with Crippen molar-refractivity contribution in [1.82, 2.24) is 15.3 Å². The lowest BCUT2D eigenvalue weighted by atomic mass is 9.91. The molecule has 3 aliphatic rings. The minimum atomic E-state index is 0.683. The second-order valence-electron chi connectivity index (χ2n) is 5.87. The predicted octanol–water partition coefficient (Wildman–Crippen LogP) is 1.30. The summed E-state index contributed by atoms with van der Waals surface area (Å²) in [5.74, 6) is 1.21. The van der Waals surface area contributed by atoms with E-state index < -0.39 is 0 Å². The topological polar surface area (TPSA) is 41.1 Å². The molecule has 2 heterocycles. The molecule has 4 rings (SSSR count). The highest BCUT2D eigenvalue weighted by molar-refractivity contribution is 5.52. The second kappa shape index (κ2) is 4.19. The molecular formula is C14H20N4. The summed E-state index contributed by atoms with van der Waals surface area (Å²) in [7, 11) is 0. The molecule has 0 aromatic carbocycles. The van der Waals surface area contributed by atoms with Crippen molar-refractivity contribution in [3.05, 3.63) is 17.6 Å². The quantitative estimate of drug-likeness (QED) is 0.870. The molecule has 0 amide bonds. The van der Waals surface area contributed by atoms with E-state index in [0.29, 0.717) is 6.04 Å². The van der Waals surface area contributed by atoms with Gasteiger partial charge in [0.2, 0.25) is 0 Å². The summed E-state index contributed by atoms with van der Waals surface area (Å²) in [5, 5.41) is 3.74. The van der Waals surface area contributed by atoms with Gasteiger partial charge in [0.1, 0.15) is 12.1 Å². The van der Waals surface area contributed by atoms with Gasteiger partial charge in [0.05, 0.1) is 0 Å². The Morgan fingerprint density at radius 1 is 1.06 bits per heavy atom. The van der Waals surface area contributed by atoms with Gasteiger partial charge in [0.15, 0.2) is 0 Å². The monoisotopic (exact) mass is 244 g/mol. The third kappa shape index (κ3) is 1.70. The van der Waals surface area contributed by atoms with E-state index in [1.165, 1.54) is 49.2 Å². The minimum Gasteiger partial charge on any atom is -0.353 e. The van der Waals surface area contributed by atoms with E-state index in [-0.39, 0.29) is 0 Å². The third-order valence-electron chi connectivity index (χ3n) is 4.61. The number of aryl methyl sites for hydroxylation is 1. The highest BCUT2D eigenvalue weighted by atomic mass is 15.3. The van der Waals surface area contributed by atoms with E-state index in [4.69, 9.17) is 0 Å². The van der Waals surface area contributed by atoms with E-state index in [1.807, 2.05) is 0 Å². The SMILES string of the molecule is c1nc2c(c(N3CC(NC4CCC4)C3)n1)CCC2. The molecular weight excluding hydrogens is 224 g/mol. The number of hydrogen-bond donors (Lipinski definition) is 1. The van der Waals surface area contributed by atoms with Gasteiger partial charge in [0.25, 0.3) is 0 Å². The molecule has 1 aliphatic heterocycles. The normalized spacial score (nSPS) is 23.7. The zero-order valence-corrected chi connectivity index (χ0v) is 10.7. The molecule has 2 aliphatic carbocycles. The van der Waals surface area contributed by atoms with E-state index in [9.17, 15) is 0 Å². The van der Waals surface area contributed by atoms with Crippen molar-refractivity contribution in [2.75, 3.05) is 18.0 Å². The van der Waals surface area contributed by atoms with Gasteiger partial charge in [-0.2, -0.15) is 0 Å². The van der Waals surface area contributed by atoms with Gasteiger partial charge >= 0.3 is 0 Å². The zero-order chi connectivity index (χ0) is 11.9. The first-order valence-corrected chi connectivity index (χ1v) is 7.24. The summed E-state index contributed by atoms with van der Waals surface area (Å²) in [6.07, 6.45) is 9.46. The number of fused-ring (bicyclic) bond motifs is 1. The predicted molar refractivity (Wildman–Crippen MR) is 70.8 cm³/mol. The maximum atomic E-state index is 4.51. The summed E-state index contributed by atoms with van der Waals surface area (Å²) >= 11 is 0. The molecule has 0 bridgehead atoms. The van der Waals surface area contributed by atoms with Crippen molar-refractivity contribution in [3.8, 4) is 0 Å². The van der Waals surface area contributed by atoms with Crippen LogP contribution in [0.2, 0.25) is 0 Å². The fourth-order valence-corrected chi connectivity index (χ4v) is 3.28. The number of nitrogens with one attached hydrogen (secondary N) is 1. The molecule has 0 radical (unpaired) electrons. The third-order valence-corrected chi connectivity index (χ3v) is 4.61. The summed E-state index contributed by atoms with van der Waals surface area (Å²) < 4.78 is 0. The van der Waals surface area contributed by atoms with E-state index in [2.05, 4.69) is 20.2 Å². The number of nitrogens with zero attached hydrogens (tertiary/aromatic N) is 3. The standard InChI is InChI=1S/C14H20N4/c1-3-10(4-1)17-11-7-18(8-11)14-12-5-2-6-13(12)15-9-16-14/h9-11,17H,1-8H2. The van der Waals surface area contributed by atoms with Crippen LogP contribution in [0, 0.1) is 0 Å². The van der Waals surface area contributed by atoms with Crippen LogP contribution in [0.3, 0.4) is 0 Å². The number of anilines is 1. The highest BCUT2D eigenvalue weighted by Crippen LogP contribution is 2.30. The fraction of sp³-hybridized carbons (Fsp3) is 0.714. The van der Waals surface area contributed by atoms with Crippen LogP contribution >= 0.6 is 0 Å². The van der Waals surface area contributed by atoms with Gasteiger partial charge in [-0.05, 0) is 32.1 Å². The minimum absolute atomic E-state index is 0.683. The number of aromatic nitrogens is 2. The van der Waals surface area contributed by atoms with Crippen LogP contribution in [-0.2, 0) is 12.8 Å². The Hall–Kier alpha value is -1.16. The van der Waals surface area contributed by atoms with E-state index >= 15 is 0 Å².